The van der Waals surface area contributed by atoms with Crippen LogP contribution in [0.4, 0.5) is 4.79 Å². The number of likely N-dealkylation sites (N-methyl/N-ethyl adjacent to an activating group) is 1. The molecule has 19 heavy (non-hydrogen) atoms. The predicted octanol–water partition coefficient (Wildman–Crippen LogP) is 0.794. The van der Waals surface area contributed by atoms with Crippen molar-refractivity contribution in [3.05, 3.63) is 0 Å². The molecule has 108 valence electrons. The minimum Gasteiger partial charge on any atom is -0.480 e. The molecule has 3 N–H and O–H groups in total. The molecule has 0 heterocycles. The van der Waals surface area contributed by atoms with Crippen LogP contribution in [0, 0.1) is 5.92 Å². The number of amides is 2. The molecule has 0 spiro atoms. The Labute approximate surface area is 112 Å². The van der Waals surface area contributed by atoms with E-state index in [0.717, 1.165) is 32.1 Å². The number of aliphatic hydroxyl groups excluding tert-OH is 1. The van der Waals surface area contributed by atoms with Gasteiger partial charge in [-0.2, -0.15) is 0 Å². The van der Waals surface area contributed by atoms with E-state index in [1.54, 1.807) is 7.05 Å². The summed E-state index contributed by atoms with van der Waals surface area (Å²) < 4.78 is 0. The molecular weight excluding hydrogens is 248 g/mol. The highest BCUT2D eigenvalue weighted by atomic mass is 16.4. The smallest absolute Gasteiger partial charge is 0.326 e. The molecule has 0 radical (unpaired) electrons. The molecule has 0 aliphatic heterocycles. The van der Waals surface area contributed by atoms with Gasteiger partial charge in [0.25, 0.3) is 0 Å². The molecule has 3 atom stereocenters. The van der Waals surface area contributed by atoms with Gasteiger partial charge >= 0.3 is 12.0 Å². The van der Waals surface area contributed by atoms with E-state index in [9.17, 15) is 14.7 Å². The van der Waals surface area contributed by atoms with Crippen molar-refractivity contribution in [3.63, 3.8) is 0 Å². The second kappa shape index (κ2) is 5.77. The standard InChI is InChI=1S/C13H22N2O4/c1-15(9-4-2-3-5-10(9)16)13(19)14-11(12(17)18)8-6-7-8/h8-11,16H,2-7H2,1H3,(H,14,19)(H,17,18). The number of hydrogen-bond donors (Lipinski definition) is 3. The van der Waals surface area contributed by atoms with Gasteiger partial charge in [0, 0.05) is 7.05 Å². The van der Waals surface area contributed by atoms with Gasteiger partial charge in [0.1, 0.15) is 6.04 Å². The van der Waals surface area contributed by atoms with Gasteiger partial charge in [-0.15, -0.1) is 0 Å². The Hall–Kier alpha value is -1.30. The molecule has 3 unspecified atom stereocenters. The van der Waals surface area contributed by atoms with E-state index < -0.39 is 24.1 Å². The summed E-state index contributed by atoms with van der Waals surface area (Å²) in [6.07, 6.45) is 4.64. The van der Waals surface area contributed by atoms with Crippen LogP contribution in [-0.4, -0.2) is 52.3 Å². The first-order valence-corrected chi connectivity index (χ1v) is 6.95. The molecule has 0 saturated heterocycles. The van der Waals surface area contributed by atoms with Crippen molar-refractivity contribution in [2.24, 2.45) is 5.92 Å². The number of carboxylic acids is 1. The number of nitrogens with zero attached hydrogens (tertiary/aromatic N) is 1. The van der Waals surface area contributed by atoms with Crippen LogP contribution < -0.4 is 5.32 Å². The average molecular weight is 270 g/mol. The van der Waals surface area contributed by atoms with Crippen LogP contribution in [0.1, 0.15) is 38.5 Å². The lowest BCUT2D eigenvalue weighted by Gasteiger charge is -2.35. The predicted molar refractivity (Wildman–Crippen MR) is 68.7 cm³/mol. The Morgan fingerprint density at radius 3 is 2.37 bits per heavy atom. The van der Waals surface area contributed by atoms with Crippen molar-refractivity contribution in [2.45, 2.75) is 56.7 Å². The minimum atomic E-state index is -0.978. The van der Waals surface area contributed by atoms with E-state index in [1.807, 2.05) is 0 Å². The van der Waals surface area contributed by atoms with E-state index in [1.165, 1.54) is 4.90 Å². The summed E-state index contributed by atoms with van der Waals surface area (Å²) in [4.78, 5) is 24.6. The van der Waals surface area contributed by atoms with Crippen LogP contribution in [0.25, 0.3) is 0 Å². The maximum absolute atomic E-state index is 12.1. The van der Waals surface area contributed by atoms with E-state index >= 15 is 0 Å². The highest BCUT2D eigenvalue weighted by Gasteiger charge is 2.39. The third-order valence-corrected chi connectivity index (χ3v) is 4.15. The Bertz CT molecular complexity index is 357. The molecular formula is C13H22N2O4. The molecule has 0 aromatic rings. The quantitative estimate of drug-likeness (QED) is 0.704. The van der Waals surface area contributed by atoms with Crippen molar-refractivity contribution >= 4 is 12.0 Å². The summed E-state index contributed by atoms with van der Waals surface area (Å²) in [5.74, 6) is -0.917. The van der Waals surface area contributed by atoms with Crippen molar-refractivity contribution in [3.8, 4) is 0 Å². The number of aliphatic hydroxyl groups is 1. The summed E-state index contributed by atoms with van der Waals surface area (Å²) in [5, 5.41) is 21.6. The maximum atomic E-state index is 12.1. The van der Waals surface area contributed by atoms with Gasteiger partial charge in [0.05, 0.1) is 12.1 Å². The van der Waals surface area contributed by atoms with Crippen LogP contribution in [0.3, 0.4) is 0 Å². The zero-order valence-corrected chi connectivity index (χ0v) is 11.2. The zero-order chi connectivity index (χ0) is 14.0. The molecule has 2 aliphatic carbocycles. The molecule has 0 bridgehead atoms. The van der Waals surface area contributed by atoms with Gasteiger partial charge < -0.3 is 20.4 Å². The molecule has 0 aromatic carbocycles. The lowest BCUT2D eigenvalue weighted by molar-refractivity contribution is -0.139. The normalized spacial score (nSPS) is 28.5. The number of rotatable bonds is 4. The first kappa shape index (κ1) is 14.1. The van der Waals surface area contributed by atoms with Crippen LogP contribution in [0.15, 0.2) is 0 Å². The largest absolute Gasteiger partial charge is 0.480 e. The summed E-state index contributed by atoms with van der Waals surface area (Å²) in [6, 6.07) is -1.40. The number of aliphatic carboxylic acids is 1. The van der Waals surface area contributed by atoms with Crippen LogP contribution in [0.5, 0.6) is 0 Å². The van der Waals surface area contributed by atoms with Crippen molar-refractivity contribution < 1.29 is 19.8 Å². The zero-order valence-electron chi connectivity index (χ0n) is 11.2. The monoisotopic (exact) mass is 270 g/mol. The lowest BCUT2D eigenvalue weighted by Crippen LogP contribution is -2.54. The fourth-order valence-electron chi connectivity index (χ4n) is 2.74. The SMILES string of the molecule is CN(C(=O)NC(C(=O)O)C1CC1)C1CCCCC1O. The molecule has 0 aromatic heterocycles. The van der Waals surface area contributed by atoms with Crippen LogP contribution in [-0.2, 0) is 4.79 Å². The minimum absolute atomic E-state index is 0.0612. The summed E-state index contributed by atoms with van der Waals surface area (Å²) in [5.41, 5.74) is 0. The maximum Gasteiger partial charge on any atom is 0.326 e. The second-order valence-corrected chi connectivity index (χ2v) is 5.63. The van der Waals surface area contributed by atoms with Gasteiger partial charge in [0.2, 0.25) is 0 Å². The third kappa shape index (κ3) is 3.37. The van der Waals surface area contributed by atoms with E-state index in [0.29, 0.717) is 6.42 Å². The Morgan fingerprint density at radius 2 is 1.84 bits per heavy atom. The highest BCUT2D eigenvalue weighted by molar-refractivity contribution is 5.83. The van der Waals surface area contributed by atoms with E-state index in [-0.39, 0.29) is 12.0 Å². The second-order valence-electron chi connectivity index (χ2n) is 5.63. The van der Waals surface area contributed by atoms with Gasteiger partial charge in [-0.05, 0) is 31.6 Å². The number of nitrogens with one attached hydrogen (secondary N) is 1. The van der Waals surface area contributed by atoms with Crippen molar-refractivity contribution in [1.82, 2.24) is 10.2 Å². The number of carbonyl (C=O) groups excluding carboxylic acids is 1. The number of carboxylic acid groups (broad SMARTS) is 1. The summed E-state index contributed by atoms with van der Waals surface area (Å²) in [7, 11) is 1.63. The highest BCUT2D eigenvalue weighted by Crippen LogP contribution is 2.33. The molecule has 2 amide bonds. The van der Waals surface area contributed by atoms with Gasteiger partial charge in [0.15, 0.2) is 0 Å². The first-order valence-electron chi connectivity index (χ1n) is 6.95. The molecule has 6 heteroatoms. The van der Waals surface area contributed by atoms with Gasteiger partial charge in [-0.1, -0.05) is 12.8 Å². The van der Waals surface area contributed by atoms with E-state index in [2.05, 4.69) is 5.32 Å². The Morgan fingerprint density at radius 1 is 1.21 bits per heavy atom. The van der Waals surface area contributed by atoms with E-state index in [4.69, 9.17) is 5.11 Å². The molecule has 6 nitrogen and oxygen atoms in total. The van der Waals surface area contributed by atoms with Crippen molar-refractivity contribution in [1.29, 1.82) is 0 Å². The molecule has 2 rings (SSSR count). The topological polar surface area (TPSA) is 89.9 Å². The molecule has 2 aliphatic rings. The van der Waals surface area contributed by atoms with Crippen LogP contribution in [0.2, 0.25) is 0 Å². The summed E-state index contributed by atoms with van der Waals surface area (Å²) >= 11 is 0. The average Bonchev–Trinajstić information content (AvgIpc) is 3.19. The van der Waals surface area contributed by atoms with Gasteiger partial charge in [-0.3, -0.25) is 0 Å². The van der Waals surface area contributed by atoms with Crippen LogP contribution >= 0.6 is 0 Å². The van der Waals surface area contributed by atoms with Gasteiger partial charge in [-0.25, -0.2) is 9.59 Å². The fraction of sp³-hybridized carbons (Fsp3) is 0.846. The number of urea groups is 1. The number of hydrogen-bond acceptors (Lipinski definition) is 3. The first-order chi connectivity index (χ1) is 9.00. The molecule has 2 fully saturated rings. The third-order valence-electron chi connectivity index (χ3n) is 4.15. The Balaban J connectivity index is 1.92. The molecule has 2 saturated carbocycles. The summed E-state index contributed by atoms with van der Waals surface area (Å²) in [6.45, 7) is 0. The fourth-order valence-corrected chi connectivity index (χ4v) is 2.74. The Kier molecular flexibility index (Phi) is 4.29. The lowest BCUT2D eigenvalue weighted by atomic mass is 9.92. The van der Waals surface area contributed by atoms with Crippen molar-refractivity contribution in [2.75, 3.05) is 7.05 Å². The number of carbonyl (C=O) groups is 2.